The molecule has 0 heterocycles. The van der Waals surface area contributed by atoms with Gasteiger partial charge in [0, 0.05) is 18.2 Å². The van der Waals surface area contributed by atoms with E-state index in [2.05, 4.69) is 11.9 Å². The smallest absolute Gasteiger partial charge is 0.123 e. The molecule has 2 N–H and O–H groups in total. The fraction of sp³-hybridized carbons (Fsp3) is 0.333. The van der Waals surface area contributed by atoms with Crippen molar-refractivity contribution >= 4 is 0 Å². The molecule has 0 radical (unpaired) electrons. The van der Waals surface area contributed by atoms with Crippen molar-refractivity contribution in [3.8, 4) is 5.75 Å². The van der Waals surface area contributed by atoms with Gasteiger partial charge in [0.2, 0.25) is 0 Å². The third-order valence-electron chi connectivity index (χ3n) is 2.20. The molecule has 1 aromatic carbocycles. The Kier molecular flexibility index (Phi) is 4.31. The maximum atomic E-state index is 12.9. The fourth-order valence-electron chi connectivity index (χ4n) is 1.31. The zero-order valence-corrected chi connectivity index (χ0v) is 8.83. The lowest BCUT2D eigenvalue weighted by Crippen LogP contribution is -2.24. The van der Waals surface area contributed by atoms with E-state index in [1.807, 2.05) is 13.0 Å². The monoisotopic (exact) mass is 209 g/mol. The van der Waals surface area contributed by atoms with Crippen molar-refractivity contribution in [2.45, 2.75) is 25.9 Å². The molecule has 0 aliphatic heterocycles. The van der Waals surface area contributed by atoms with Crippen LogP contribution in [0.25, 0.3) is 0 Å². The lowest BCUT2D eigenvalue weighted by Gasteiger charge is -2.12. The Morgan fingerprint density at radius 3 is 3.00 bits per heavy atom. The van der Waals surface area contributed by atoms with Crippen molar-refractivity contribution in [1.82, 2.24) is 5.32 Å². The molecule has 0 spiro atoms. The number of aromatic hydroxyl groups is 1. The third kappa shape index (κ3) is 3.72. The van der Waals surface area contributed by atoms with Crippen molar-refractivity contribution in [3.05, 3.63) is 42.2 Å². The van der Waals surface area contributed by atoms with Gasteiger partial charge >= 0.3 is 0 Å². The molecule has 0 aromatic heterocycles. The van der Waals surface area contributed by atoms with Crippen LogP contribution in [-0.2, 0) is 6.54 Å². The summed E-state index contributed by atoms with van der Waals surface area (Å²) in [7, 11) is 0. The molecular weight excluding hydrogens is 193 g/mol. The Hall–Kier alpha value is -1.35. The predicted molar refractivity (Wildman–Crippen MR) is 59.2 cm³/mol. The van der Waals surface area contributed by atoms with E-state index in [4.69, 9.17) is 0 Å². The van der Waals surface area contributed by atoms with Crippen LogP contribution in [0.3, 0.4) is 0 Å². The average molecular weight is 209 g/mol. The average Bonchev–Trinajstić information content (AvgIpc) is 2.20. The minimum atomic E-state index is -0.332. The van der Waals surface area contributed by atoms with Crippen LogP contribution >= 0.6 is 0 Å². The maximum absolute atomic E-state index is 12.9. The van der Waals surface area contributed by atoms with Crippen LogP contribution in [0.15, 0.2) is 30.9 Å². The topological polar surface area (TPSA) is 32.3 Å². The summed E-state index contributed by atoms with van der Waals surface area (Å²) in [4.78, 5) is 0. The van der Waals surface area contributed by atoms with Gasteiger partial charge in [0.25, 0.3) is 0 Å². The van der Waals surface area contributed by atoms with Gasteiger partial charge in [0.05, 0.1) is 0 Å². The zero-order valence-electron chi connectivity index (χ0n) is 8.83. The van der Waals surface area contributed by atoms with Crippen LogP contribution in [0.1, 0.15) is 18.9 Å². The molecule has 0 bridgehead atoms. The Morgan fingerprint density at radius 1 is 1.60 bits per heavy atom. The van der Waals surface area contributed by atoms with E-state index in [0.717, 1.165) is 6.42 Å². The van der Waals surface area contributed by atoms with Gasteiger partial charge in [-0.1, -0.05) is 6.08 Å². The number of nitrogens with one attached hydrogen (secondary N) is 1. The maximum Gasteiger partial charge on any atom is 0.123 e. The number of halogens is 1. The number of benzene rings is 1. The largest absolute Gasteiger partial charge is 0.508 e. The number of phenolic OH excluding ortho intramolecular Hbond substituents is 1. The van der Waals surface area contributed by atoms with Gasteiger partial charge in [-0.25, -0.2) is 4.39 Å². The number of phenols is 1. The molecule has 0 aliphatic carbocycles. The van der Waals surface area contributed by atoms with E-state index in [1.54, 1.807) is 0 Å². The second kappa shape index (κ2) is 5.51. The minimum Gasteiger partial charge on any atom is -0.508 e. The lowest BCUT2D eigenvalue weighted by atomic mass is 10.1. The first-order chi connectivity index (χ1) is 7.13. The molecule has 1 aromatic rings. The van der Waals surface area contributed by atoms with E-state index in [-0.39, 0.29) is 17.6 Å². The van der Waals surface area contributed by atoms with Gasteiger partial charge in [-0.2, -0.15) is 0 Å². The highest BCUT2D eigenvalue weighted by molar-refractivity contribution is 5.32. The molecule has 1 rings (SSSR count). The Morgan fingerprint density at radius 2 is 2.33 bits per heavy atom. The molecule has 82 valence electrons. The summed E-state index contributed by atoms with van der Waals surface area (Å²) in [6.45, 7) is 6.11. The van der Waals surface area contributed by atoms with E-state index < -0.39 is 0 Å². The van der Waals surface area contributed by atoms with Crippen molar-refractivity contribution < 1.29 is 9.50 Å². The van der Waals surface area contributed by atoms with Crippen molar-refractivity contribution in [2.24, 2.45) is 0 Å². The normalized spacial score (nSPS) is 12.4. The first-order valence-corrected chi connectivity index (χ1v) is 4.95. The highest BCUT2D eigenvalue weighted by Crippen LogP contribution is 2.17. The standard InChI is InChI=1S/C12H16FNO/c1-3-4-9(2)14-8-10-7-11(13)5-6-12(10)15/h3,5-7,9,14-15H,1,4,8H2,2H3. The molecule has 2 nitrogen and oxygen atoms in total. The highest BCUT2D eigenvalue weighted by atomic mass is 19.1. The summed E-state index contributed by atoms with van der Waals surface area (Å²) in [5, 5.41) is 12.6. The van der Waals surface area contributed by atoms with E-state index in [1.165, 1.54) is 18.2 Å². The minimum absolute atomic E-state index is 0.120. The summed E-state index contributed by atoms with van der Waals surface area (Å²) in [6.07, 6.45) is 2.67. The predicted octanol–water partition coefficient (Wildman–Crippen LogP) is 2.59. The van der Waals surface area contributed by atoms with Crippen molar-refractivity contribution in [2.75, 3.05) is 0 Å². The van der Waals surface area contributed by atoms with E-state index in [9.17, 15) is 9.50 Å². The molecule has 0 saturated carbocycles. The fourth-order valence-corrected chi connectivity index (χ4v) is 1.31. The first-order valence-electron chi connectivity index (χ1n) is 4.95. The van der Waals surface area contributed by atoms with Gasteiger partial charge < -0.3 is 10.4 Å². The van der Waals surface area contributed by atoms with Crippen LogP contribution in [0.4, 0.5) is 4.39 Å². The second-order valence-electron chi connectivity index (χ2n) is 3.58. The second-order valence-corrected chi connectivity index (χ2v) is 3.58. The number of rotatable bonds is 5. The summed E-state index contributed by atoms with van der Waals surface area (Å²) in [5.41, 5.74) is 0.575. The van der Waals surface area contributed by atoms with Crippen LogP contribution < -0.4 is 5.32 Å². The van der Waals surface area contributed by atoms with Crippen LogP contribution in [0.2, 0.25) is 0 Å². The lowest BCUT2D eigenvalue weighted by molar-refractivity contribution is 0.456. The van der Waals surface area contributed by atoms with E-state index >= 15 is 0 Å². The van der Waals surface area contributed by atoms with Gasteiger partial charge in [0.1, 0.15) is 11.6 Å². The summed E-state index contributed by atoms with van der Waals surface area (Å²) >= 11 is 0. The van der Waals surface area contributed by atoms with Gasteiger partial charge in [0.15, 0.2) is 0 Å². The Balaban J connectivity index is 2.56. The zero-order chi connectivity index (χ0) is 11.3. The molecule has 0 aliphatic rings. The van der Waals surface area contributed by atoms with Gasteiger partial charge in [-0.3, -0.25) is 0 Å². The van der Waals surface area contributed by atoms with Crippen molar-refractivity contribution in [1.29, 1.82) is 0 Å². The molecule has 0 fully saturated rings. The Labute approximate surface area is 89.4 Å². The summed E-state index contributed by atoms with van der Waals surface area (Å²) in [6, 6.07) is 4.21. The molecule has 15 heavy (non-hydrogen) atoms. The SMILES string of the molecule is C=CCC(C)NCc1cc(F)ccc1O. The molecule has 0 saturated heterocycles. The Bertz CT molecular complexity index is 338. The van der Waals surface area contributed by atoms with E-state index in [0.29, 0.717) is 12.1 Å². The molecule has 1 atom stereocenters. The summed E-state index contributed by atoms with van der Waals surface area (Å²) < 4.78 is 12.9. The first kappa shape index (κ1) is 11.7. The summed E-state index contributed by atoms with van der Waals surface area (Å²) in [5.74, 6) is -0.212. The van der Waals surface area contributed by atoms with Crippen LogP contribution in [0, 0.1) is 5.82 Å². The third-order valence-corrected chi connectivity index (χ3v) is 2.20. The number of hydrogen-bond donors (Lipinski definition) is 2. The van der Waals surface area contributed by atoms with Crippen LogP contribution in [-0.4, -0.2) is 11.1 Å². The molecular formula is C12H16FNO. The quantitative estimate of drug-likeness (QED) is 0.730. The molecule has 0 amide bonds. The highest BCUT2D eigenvalue weighted by Gasteiger charge is 2.04. The number of hydrogen-bond acceptors (Lipinski definition) is 2. The van der Waals surface area contributed by atoms with Gasteiger partial charge in [-0.05, 0) is 31.5 Å². The molecule has 1 unspecified atom stereocenters. The molecule has 3 heteroatoms. The van der Waals surface area contributed by atoms with Crippen LogP contribution in [0.5, 0.6) is 5.75 Å². The van der Waals surface area contributed by atoms with Gasteiger partial charge in [-0.15, -0.1) is 6.58 Å². The van der Waals surface area contributed by atoms with Crippen molar-refractivity contribution in [3.63, 3.8) is 0 Å².